The first-order valence-electron chi connectivity index (χ1n) is 11.4. The van der Waals surface area contributed by atoms with Crippen molar-refractivity contribution < 1.29 is 9.53 Å². The van der Waals surface area contributed by atoms with Gasteiger partial charge in [-0.3, -0.25) is 0 Å². The molecule has 0 aliphatic heterocycles. The van der Waals surface area contributed by atoms with Crippen LogP contribution in [0.1, 0.15) is 122 Å². The molecule has 1 saturated carbocycles. The first kappa shape index (κ1) is 23.0. The van der Waals surface area contributed by atoms with Gasteiger partial charge in [0.05, 0.1) is 5.56 Å². The molecular formula is C26H42O2. The van der Waals surface area contributed by atoms with Crippen LogP contribution in [-0.2, 0) is 4.74 Å². The molecule has 1 unspecified atom stereocenters. The zero-order chi connectivity index (χ0) is 21.0. The van der Waals surface area contributed by atoms with E-state index in [2.05, 4.69) is 60.6 Å². The summed E-state index contributed by atoms with van der Waals surface area (Å²) in [6, 6.07) is 8.25. The third-order valence-electron chi connectivity index (χ3n) is 7.03. The van der Waals surface area contributed by atoms with Crippen molar-refractivity contribution in [1.29, 1.82) is 0 Å². The zero-order valence-electron chi connectivity index (χ0n) is 19.4. The van der Waals surface area contributed by atoms with Crippen LogP contribution in [0.3, 0.4) is 0 Å². The van der Waals surface area contributed by atoms with E-state index in [1.165, 1.54) is 31.2 Å². The molecule has 1 fully saturated rings. The standard InChI is InChI=1S/C26H42O2/c1-8-25(6,7)19-22(24(3,4)5)20-13-15-21(16-14-20)23(27)28-26(9-2)17-11-10-12-18-26/h13-16,22H,8-12,17-19H2,1-7H3. The number of hydrogen-bond acceptors (Lipinski definition) is 2. The number of rotatable bonds is 7. The number of hydrogen-bond donors (Lipinski definition) is 0. The average molecular weight is 387 g/mol. The van der Waals surface area contributed by atoms with Crippen molar-refractivity contribution in [3.63, 3.8) is 0 Å². The molecule has 2 rings (SSSR count). The lowest BCUT2D eigenvalue weighted by atomic mass is 9.68. The van der Waals surface area contributed by atoms with Gasteiger partial charge < -0.3 is 4.74 Å². The second kappa shape index (κ2) is 9.01. The highest BCUT2D eigenvalue weighted by molar-refractivity contribution is 5.89. The third kappa shape index (κ3) is 5.84. The third-order valence-corrected chi connectivity index (χ3v) is 7.03. The molecule has 1 aromatic rings. The molecule has 1 aliphatic carbocycles. The van der Waals surface area contributed by atoms with Gasteiger partial charge in [0, 0.05) is 0 Å². The quantitative estimate of drug-likeness (QED) is 0.445. The predicted molar refractivity (Wildman–Crippen MR) is 119 cm³/mol. The van der Waals surface area contributed by atoms with E-state index >= 15 is 0 Å². The van der Waals surface area contributed by atoms with Crippen LogP contribution in [0.25, 0.3) is 0 Å². The van der Waals surface area contributed by atoms with Crippen LogP contribution in [0.4, 0.5) is 0 Å². The van der Waals surface area contributed by atoms with Gasteiger partial charge in [-0.25, -0.2) is 4.79 Å². The summed E-state index contributed by atoms with van der Waals surface area (Å²) in [5.41, 5.74) is 2.26. The summed E-state index contributed by atoms with van der Waals surface area (Å²) in [5.74, 6) is 0.310. The van der Waals surface area contributed by atoms with E-state index < -0.39 is 0 Å². The van der Waals surface area contributed by atoms with E-state index in [4.69, 9.17) is 4.74 Å². The van der Waals surface area contributed by atoms with Crippen LogP contribution < -0.4 is 0 Å². The van der Waals surface area contributed by atoms with Crippen molar-refractivity contribution in [3.8, 4) is 0 Å². The van der Waals surface area contributed by atoms with Crippen molar-refractivity contribution in [2.45, 2.75) is 111 Å². The highest BCUT2D eigenvalue weighted by atomic mass is 16.6. The van der Waals surface area contributed by atoms with Crippen LogP contribution in [0.2, 0.25) is 0 Å². The van der Waals surface area contributed by atoms with Crippen LogP contribution in [0, 0.1) is 10.8 Å². The first-order chi connectivity index (χ1) is 13.0. The largest absolute Gasteiger partial charge is 0.455 e. The fourth-order valence-electron chi connectivity index (χ4n) is 4.45. The van der Waals surface area contributed by atoms with Gasteiger partial charge in [0.2, 0.25) is 0 Å². The summed E-state index contributed by atoms with van der Waals surface area (Å²) in [5, 5.41) is 0. The Morgan fingerprint density at radius 2 is 1.57 bits per heavy atom. The highest BCUT2D eigenvalue weighted by Gasteiger charge is 2.35. The normalized spacial score (nSPS) is 18.5. The molecule has 0 saturated heterocycles. The van der Waals surface area contributed by atoms with Crippen LogP contribution in [-0.4, -0.2) is 11.6 Å². The summed E-state index contributed by atoms with van der Waals surface area (Å²) in [7, 11) is 0. The Morgan fingerprint density at radius 1 is 1.00 bits per heavy atom. The number of benzene rings is 1. The van der Waals surface area contributed by atoms with Gasteiger partial charge in [-0.2, -0.15) is 0 Å². The Kier molecular flexibility index (Phi) is 7.39. The lowest BCUT2D eigenvalue weighted by Gasteiger charge is -2.37. The molecule has 1 aromatic carbocycles. The summed E-state index contributed by atoms with van der Waals surface area (Å²) >= 11 is 0. The molecule has 0 spiro atoms. The van der Waals surface area contributed by atoms with Crippen molar-refractivity contribution in [2.24, 2.45) is 10.8 Å². The van der Waals surface area contributed by atoms with Crippen LogP contribution >= 0.6 is 0 Å². The van der Waals surface area contributed by atoms with E-state index in [9.17, 15) is 4.79 Å². The molecule has 0 N–H and O–H groups in total. The smallest absolute Gasteiger partial charge is 0.338 e. The average Bonchev–Trinajstić information content (AvgIpc) is 2.66. The maximum atomic E-state index is 12.8. The summed E-state index contributed by atoms with van der Waals surface area (Å²) in [6.07, 6.45) is 8.84. The monoisotopic (exact) mass is 386 g/mol. The zero-order valence-corrected chi connectivity index (χ0v) is 19.4. The number of carbonyl (C=O) groups excluding carboxylic acids is 1. The summed E-state index contributed by atoms with van der Waals surface area (Å²) in [6.45, 7) is 16.1. The fraction of sp³-hybridized carbons (Fsp3) is 0.731. The molecule has 0 bridgehead atoms. The SMILES string of the molecule is CCC(C)(C)CC(c1ccc(C(=O)OC2(CC)CCCCC2)cc1)C(C)(C)C. The van der Waals surface area contributed by atoms with Crippen molar-refractivity contribution in [2.75, 3.05) is 0 Å². The second-order valence-corrected chi connectivity index (χ2v) is 10.7. The lowest BCUT2D eigenvalue weighted by molar-refractivity contribution is -0.0397. The first-order valence-corrected chi connectivity index (χ1v) is 11.4. The molecule has 1 atom stereocenters. The lowest BCUT2D eigenvalue weighted by Crippen LogP contribution is -2.36. The highest BCUT2D eigenvalue weighted by Crippen LogP contribution is 2.44. The van der Waals surface area contributed by atoms with Gasteiger partial charge in [-0.15, -0.1) is 0 Å². The Labute approximate surface area is 173 Å². The minimum atomic E-state index is -0.243. The van der Waals surface area contributed by atoms with Gasteiger partial charge in [0.25, 0.3) is 0 Å². The van der Waals surface area contributed by atoms with E-state index in [1.807, 2.05) is 12.1 Å². The fourth-order valence-corrected chi connectivity index (χ4v) is 4.45. The molecule has 28 heavy (non-hydrogen) atoms. The molecule has 0 aromatic heterocycles. The van der Waals surface area contributed by atoms with Gasteiger partial charge in [0.1, 0.15) is 5.60 Å². The Morgan fingerprint density at radius 3 is 2.04 bits per heavy atom. The van der Waals surface area contributed by atoms with Gasteiger partial charge in [-0.05, 0) is 73.0 Å². The Bertz CT molecular complexity index is 627. The van der Waals surface area contributed by atoms with Crippen LogP contribution in [0.5, 0.6) is 0 Å². The number of ether oxygens (including phenoxy) is 1. The van der Waals surface area contributed by atoms with E-state index in [0.717, 1.165) is 25.7 Å². The minimum absolute atomic E-state index is 0.156. The molecule has 0 heterocycles. The van der Waals surface area contributed by atoms with Crippen molar-refractivity contribution in [1.82, 2.24) is 0 Å². The van der Waals surface area contributed by atoms with E-state index in [-0.39, 0.29) is 17.0 Å². The second-order valence-electron chi connectivity index (χ2n) is 10.7. The van der Waals surface area contributed by atoms with Gasteiger partial charge in [0.15, 0.2) is 0 Å². The maximum absolute atomic E-state index is 12.8. The van der Waals surface area contributed by atoms with Gasteiger partial charge >= 0.3 is 5.97 Å². The molecule has 1 aliphatic rings. The van der Waals surface area contributed by atoms with Crippen molar-refractivity contribution >= 4 is 5.97 Å². The Hall–Kier alpha value is -1.31. The maximum Gasteiger partial charge on any atom is 0.338 e. The molecule has 158 valence electrons. The molecule has 2 heteroatoms. The number of esters is 1. The topological polar surface area (TPSA) is 26.3 Å². The molecule has 0 radical (unpaired) electrons. The predicted octanol–water partition coefficient (Wildman–Crippen LogP) is 7.91. The minimum Gasteiger partial charge on any atom is -0.455 e. The Balaban J connectivity index is 2.17. The van der Waals surface area contributed by atoms with Crippen molar-refractivity contribution in [3.05, 3.63) is 35.4 Å². The van der Waals surface area contributed by atoms with Gasteiger partial charge in [-0.1, -0.05) is 73.4 Å². The number of carbonyl (C=O) groups is 1. The molecule has 0 amide bonds. The molecule has 2 nitrogen and oxygen atoms in total. The summed E-state index contributed by atoms with van der Waals surface area (Å²) < 4.78 is 6.04. The summed E-state index contributed by atoms with van der Waals surface area (Å²) in [4.78, 5) is 12.8. The van der Waals surface area contributed by atoms with E-state index in [0.29, 0.717) is 16.9 Å². The van der Waals surface area contributed by atoms with E-state index in [1.54, 1.807) is 0 Å². The van der Waals surface area contributed by atoms with Crippen LogP contribution in [0.15, 0.2) is 24.3 Å². The molecular weight excluding hydrogens is 344 g/mol.